The second kappa shape index (κ2) is 6.25. The molecule has 1 unspecified atom stereocenters. The van der Waals surface area contributed by atoms with Crippen LogP contribution in [0.2, 0.25) is 0 Å². The van der Waals surface area contributed by atoms with Crippen molar-refractivity contribution < 1.29 is 9.18 Å². The van der Waals surface area contributed by atoms with Gasteiger partial charge in [0.1, 0.15) is 16.8 Å². The molecule has 2 rings (SSSR count). The van der Waals surface area contributed by atoms with Crippen LogP contribution in [0.1, 0.15) is 22.0 Å². The lowest BCUT2D eigenvalue weighted by atomic mass is 10.1. The molecule has 3 nitrogen and oxygen atoms in total. The lowest BCUT2D eigenvalue weighted by molar-refractivity contribution is 0.0943. The highest BCUT2D eigenvalue weighted by Gasteiger charge is 2.19. The van der Waals surface area contributed by atoms with Gasteiger partial charge in [0.25, 0.3) is 5.91 Å². The molecule has 0 bridgehead atoms. The van der Waals surface area contributed by atoms with Crippen molar-refractivity contribution in [3.8, 4) is 0 Å². The molecule has 0 saturated heterocycles. The Labute approximate surface area is 121 Å². The number of amides is 1. The number of carbonyl (C=O) groups excluding carboxylic acids is 1. The first kappa shape index (κ1) is 14.1. The largest absolute Gasteiger partial charge is 0.391 e. The highest BCUT2D eigenvalue weighted by atomic mass is 32.1. The van der Waals surface area contributed by atoms with Gasteiger partial charge in [-0.1, -0.05) is 54.7 Å². The second-order valence-electron chi connectivity index (χ2n) is 4.20. The van der Waals surface area contributed by atoms with Crippen molar-refractivity contribution in [2.45, 2.75) is 6.04 Å². The second-order valence-corrected chi connectivity index (χ2v) is 4.67. The topological polar surface area (TPSA) is 55.1 Å². The van der Waals surface area contributed by atoms with Crippen molar-refractivity contribution in [3.63, 3.8) is 0 Å². The molecular formula is C15H13FN2OS. The third-order valence-electron chi connectivity index (χ3n) is 2.81. The van der Waals surface area contributed by atoms with Gasteiger partial charge in [-0.3, -0.25) is 4.79 Å². The summed E-state index contributed by atoms with van der Waals surface area (Å²) in [5.74, 6) is -1.13. The monoisotopic (exact) mass is 288 g/mol. The minimum atomic E-state index is -0.627. The maximum Gasteiger partial charge on any atom is 0.255 e. The van der Waals surface area contributed by atoms with E-state index in [0.717, 1.165) is 5.56 Å². The number of hydrogen-bond donors (Lipinski definition) is 2. The maximum atomic E-state index is 13.6. The summed E-state index contributed by atoms with van der Waals surface area (Å²) in [6.07, 6.45) is 0. The molecular weight excluding hydrogens is 275 g/mol. The minimum absolute atomic E-state index is 0.0373. The van der Waals surface area contributed by atoms with Crippen molar-refractivity contribution in [3.05, 3.63) is 71.5 Å². The Kier molecular flexibility index (Phi) is 4.42. The molecule has 2 aromatic rings. The van der Waals surface area contributed by atoms with Crippen molar-refractivity contribution in [2.75, 3.05) is 0 Å². The molecule has 20 heavy (non-hydrogen) atoms. The van der Waals surface area contributed by atoms with E-state index in [1.807, 2.05) is 18.2 Å². The van der Waals surface area contributed by atoms with Gasteiger partial charge in [-0.25, -0.2) is 4.39 Å². The number of nitrogens with two attached hydrogens (primary N) is 1. The zero-order valence-corrected chi connectivity index (χ0v) is 11.4. The Morgan fingerprint density at radius 1 is 1.10 bits per heavy atom. The summed E-state index contributed by atoms with van der Waals surface area (Å²) >= 11 is 4.97. The van der Waals surface area contributed by atoms with Gasteiger partial charge >= 0.3 is 0 Å². The Morgan fingerprint density at radius 2 is 1.70 bits per heavy atom. The Morgan fingerprint density at radius 3 is 2.30 bits per heavy atom. The number of rotatable bonds is 4. The Balaban J connectivity index is 2.24. The lowest BCUT2D eigenvalue weighted by Crippen LogP contribution is -2.36. The zero-order valence-electron chi connectivity index (χ0n) is 10.5. The number of benzene rings is 2. The van der Waals surface area contributed by atoms with Crippen LogP contribution in [-0.2, 0) is 0 Å². The van der Waals surface area contributed by atoms with Crippen molar-refractivity contribution in [2.24, 2.45) is 5.73 Å². The number of hydrogen-bond acceptors (Lipinski definition) is 2. The van der Waals surface area contributed by atoms with Crippen molar-refractivity contribution in [1.29, 1.82) is 0 Å². The number of halogens is 1. The molecule has 1 amide bonds. The molecule has 0 aliphatic rings. The Bertz CT molecular complexity index is 631. The van der Waals surface area contributed by atoms with Gasteiger partial charge in [-0.2, -0.15) is 0 Å². The fourth-order valence-electron chi connectivity index (χ4n) is 1.82. The smallest absolute Gasteiger partial charge is 0.255 e. The van der Waals surface area contributed by atoms with Gasteiger partial charge < -0.3 is 11.1 Å². The van der Waals surface area contributed by atoms with Crippen LogP contribution < -0.4 is 11.1 Å². The third-order valence-corrected chi connectivity index (χ3v) is 3.05. The SMILES string of the molecule is NC(=S)C(NC(=O)c1ccccc1F)c1ccccc1. The third kappa shape index (κ3) is 3.19. The fourth-order valence-corrected chi connectivity index (χ4v) is 2.01. The lowest BCUT2D eigenvalue weighted by Gasteiger charge is -2.18. The van der Waals surface area contributed by atoms with E-state index in [1.54, 1.807) is 18.2 Å². The summed E-state index contributed by atoms with van der Waals surface area (Å²) < 4.78 is 13.6. The van der Waals surface area contributed by atoms with E-state index >= 15 is 0 Å². The van der Waals surface area contributed by atoms with Crippen LogP contribution in [0.25, 0.3) is 0 Å². The number of nitrogens with one attached hydrogen (secondary N) is 1. The molecule has 0 radical (unpaired) electrons. The van der Waals surface area contributed by atoms with Crippen LogP contribution in [0.5, 0.6) is 0 Å². The summed E-state index contributed by atoms with van der Waals surface area (Å²) in [7, 11) is 0. The molecule has 3 N–H and O–H groups in total. The molecule has 0 saturated carbocycles. The molecule has 2 aromatic carbocycles. The average molecular weight is 288 g/mol. The van der Waals surface area contributed by atoms with Crippen LogP contribution in [0, 0.1) is 5.82 Å². The van der Waals surface area contributed by atoms with Gasteiger partial charge in [0, 0.05) is 0 Å². The van der Waals surface area contributed by atoms with E-state index in [0.29, 0.717) is 0 Å². The molecule has 0 fully saturated rings. The van der Waals surface area contributed by atoms with E-state index in [-0.39, 0.29) is 10.6 Å². The highest BCUT2D eigenvalue weighted by molar-refractivity contribution is 7.80. The predicted octanol–water partition coefficient (Wildman–Crippen LogP) is 2.58. The Hall–Kier alpha value is -2.27. The van der Waals surface area contributed by atoms with E-state index in [4.69, 9.17) is 18.0 Å². The van der Waals surface area contributed by atoms with Crippen molar-refractivity contribution in [1.82, 2.24) is 5.32 Å². The van der Waals surface area contributed by atoms with Crippen LogP contribution in [0.15, 0.2) is 54.6 Å². The quantitative estimate of drug-likeness (QED) is 0.850. The minimum Gasteiger partial charge on any atom is -0.391 e. The van der Waals surface area contributed by atoms with Gasteiger partial charge in [0.2, 0.25) is 0 Å². The van der Waals surface area contributed by atoms with Crippen LogP contribution >= 0.6 is 12.2 Å². The standard InChI is InChI=1S/C15H13FN2OS/c16-12-9-5-4-8-11(12)15(19)18-13(14(17)20)10-6-2-1-3-7-10/h1-9,13H,(H2,17,20)(H,18,19). The van der Waals surface area contributed by atoms with Crippen LogP contribution in [-0.4, -0.2) is 10.9 Å². The molecule has 0 spiro atoms. The van der Waals surface area contributed by atoms with E-state index in [9.17, 15) is 9.18 Å². The predicted molar refractivity (Wildman–Crippen MR) is 79.8 cm³/mol. The molecule has 102 valence electrons. The molecule has 0 aliphatic heterocycles. The first-order chi connectivity index (χ1) is 9.59. The normalized spacial score (nSPS) is 11.7. The average Bonchev–Trinajstić information content (AvgIpc) is 2.45. The fraction of sp³-hybridized carbons (Fsp3) is 0.0667. The highest BCUT2D eigenvalue weighted by Crippen LogP contribution is 2.15. The maximum absolute atomic E-state index is 13.6. The molecule has 5 heteroatoms. The van der Waals surface area contributed by atoms with Gasteiger partial charge in [0.05, 0.1) is 5.56 Å². The zero-order chi connectivity index (χ0) is 14.5. The number of carbonyl (C=O) groups is 1. The van der Waals surface area contributed by atoms with Crippen LogP contribution in [0.3, 0.4) is 0 Å². The van der Waals surface area contributed by atoms with E-state index in [1.165, 1.54) is 18.2 Å². The summed E-state index contributed by atoms with van der Waals surface area (Å²) in [6.45, 7) is 0. The van der Waals surface area contributed by atoms with Gasteiger partial charge in [0.15, 0.2) is 0 Å². The molecule has 0 aromatic heterocycles. The van der Waals surface area contributed by atoms with Crippen molar-refractivity contribution >= 4 is 23.1 Å². The van der Waals surface area contributed by atoms with Gasteiger partial charge in [-0.15, -0.1) is 0 Å². The van der Waals surface area contributed by atoms with E-state index in [2.05, 4.69) is 5.32 Å². The molecule has 0 aliphatic carbocycles. The summed E-state index contributed by atoms with van der Waals surface area (Å²) in [6, 6.07) is 14.2. The molecule has 0 heterocycles. The molecule has 1 atom stereocenters. The first-order valence-corrected chi connectivity index (χ1v) is 6.40. The van der Waals surface area contributed by atoms with Crippen LogP contribution in [0.4, 0.5) is 4.39 Å². The van der Waals surface area contributed by atoms with Gasteiger partial charge in [-0.05, 0) is 17.7 Å². The first-order valence-electron chi connectivity index (χ1n) is 5.99. The summed E-state index contributed by atoms with van der Waals surface area (Å²) in [4.78, 5) is 12.2. The van der Waals surface area contributed by atoms with E-state index < -0.39 is 17.8 Å². The summed E-state index contributed by atoms with van der Waals surface area (Å²) in [5.41, 5.74) is 6.37. The summed E-state index contributed by atoms with van der Waals surface area (Å²) in [5, 5.41) is 2.64. The number of thiocarbonyl (C=S) groups is 1.